The number of rotatable bonds is 17. The topological polar surface area (TPSA) is 9.23 Å². The summed E-state index contributed by atoms with van der Waals surface area (Å²) in [5.41, 5.74) is 3.62. The molecular formula is C24H48OSSi. The molecule has 0 aliphatic heterocycles. The van der Waals surface area contributed by atoms with Crippen LogP contribution in [0.2, 0.25) is 19.1 Å². The van der Waals surface area contributed by atoms with E-state index < -0.39 is 8.07 Å². The Morgan fingerprint density at radius 2 is 1.33 bits per heavy atom. The van der Waals surface area contributed by atoms with E-state index in [2.05, 4.69) is 64.0 Å². The standard InChI is InChI=1S/C24H48OSSi/c1-23(2)22-27(5,6)21-16-14-12-10-8-7-9-11-13-15-19-26-20-17-18-25-24(3)4/h23-24H,7-15,17-20,22H2,1-6H3. The summed E-state index contributed by atoms with van der Waals surface area (Å²) < 4.78 is 5.56. The molecule has 0 aromatic heterocycles. The van der Waals surface area contributed by atoms with Crippen LogP contribution in [0.25, 0.3) is 0 Å². The second-order valence-corrected chi connectivity index (χ2v) is 14.9. The molecule has 160 valence electrons. The molecule has 0 radical (unpaired) electrons. The first-order chi connectivity index (χ1) is 12.8. The molecule has 0 aliphatic rings. The summed E-state index contributed by atoms with van der Waals surface area (Å²) in [6.07, 6.45) is 13.8. The van der Waals surface area contributed by atoms with E-state index in [0.717, 1.165) is 18.9 Å². The third-order valence-electron chi connectivity index (χ3n) is 4.57. The molecule has 0 rings (SSSR count). The Bertz CT molecular complexity index is 382. The predicted molar refractivity (Wildman–Crippen MR) is 129 cm³/mol. The van der Waals surface area contributed by atoms with Gasteiger partial charge >= 0.3 is 0 Å². The monoisotopic (exact) mass is 412 g/mol. The summed E-state index contributed by atoms with van der Waals surface area (Å²) >= 11 is 2.10. The highest BCUT2D eigenvalue weighted by Gasteiger charge is 2.18. The fraction of sp³-hybridized carbons (Fsp3) is 0.917. The van der Waals surface area contributed by atoms with Crippen LogP contribution >= 0.6 is 11.8 Å². The van der Waals surface area contributed by atoms with Crippen molar-refractivity contribution in [2.24, 2.45) is 5.92 Å². The first kappa shape index (κ1) is 27.1. The molecule has 0 aromatic carbocycles. The molecule has 0 heterocycles. The minimum atomic E-state index is -1.25. The molecule has 0 spiro atoms. The van der Waals surface area contributed by atoms with Crippen LogP contribution in [-0.2, 0) is 4.74 Å². The van der Waals surface area contributed by atoms with Crippen molar-refractivity contribution in [3.63, 3.8) is 0 Å². The Labute approximate surface area is 177 Å². The SMILES string of the molecule is CC(C)C[Si](C)(C)C#CCCCCCCCCCCSCCCOC(C)C. The number of hydrogen-bond acceptors (Lipinski definition) is 2. The molecule has 0 aromatic rings. The van der Waals surface area contributed by atoms with Crippen molar-refractivity contribution in [3.05, 3.63) is 0 Å². The Morgan fingerprint density at radius 3 is 1.93 bits per heavy atom. The van der Waals surface area contributed by atoms with Crippen LogP contribution in [0.15, 0.2) is 0 Å². The average Bonchev–Trinajstić information content (AvgIpc) is 2.56. The number of unbranched alkanes of at least 4 members (excludes halogenated alkanes) is 8. The van der Waals surface area contributed by atoms with Crippen molar-refractivity contribution in [3.8, 4) is 11.5 Å². The van der Waals surface area contributed by atoms with E-state index in [1.807, 2.05) is 0 Å². The maximum Gasteiger partial charge on any atom is 0.132 e. The summed E-state index contributed by atoms with van der Waals surface area (Å²) in [6, 6.07) is 1.34. The van der Waals surface area contributed by atoms with Gasteiger partial charge in [-0.3, -0.25) is 0 Å². The maximum absolute atomic E-state index is 5.56. The summed E-state index contributed by atoms with van der Waals surface area (Å²) in [5, 5.41) is 0. The molecule has 0 unspecified atom stereocenters. The third kappa shape index (κ3) is 22.2. The van der Waals surface area contributed by atoms with Crippen LogP contribution in [-0.4, -0.2) is 32.3 Å². The van der Waals surface area contributed by atoms with E-state index in [1.54, 1.807) is 0 Å². The van der Waals surface area contributed by atoms with Crippen molar-refractivity contribution in [1.82, 2.24) is 0 Å². The van der Waals surface area contributed by atoms with Gasteiger partial charge in [0.15, 0.2) is 0 Å². The number of thioether (sulfide) groups is 1. The van der Waals surface area contributed by atoms with E-state index in [9.17, 15) is 0 Å². The average molecular weight is 413 g/mol. The molecule has 0 saturated carbocycles. The molecule has 0 bridgehead atoms. The van der Waals surface area contributed by atoms with E-state index in [0.29, 0.717) is 6.10 Å². The van der Waals surface area contributed by atoms with Gasteiger partial charge in [0.2, 0.25) is 0 Å². The zero-order chi connectivity index (χ0) is 20.4. The summed E-state index contributed by atoms with van der Waals surface area (Å²) in [5.74, 6) is 6.86. The Morgan fingerprint density at radius 1 is 0.778 bits per heavy atom. The summed E-state index contributed by atoms with van der Waals surface area (Å²) in [7, 11) is -1.25. The highest BCUT2D eigenvalue weighted by atomic mass is 32.2. The number of hydrogen-bond donors (Lipinski definition) is 0. The van der Waals surface area contributed by atoms with Gasteiger partial charge in [-0.15, -0.1) is 11.5 Å². The Balaban J connectivity index is 3.28. The van der Waals surface area contributed by atoms with Crippen LogP contribution in [0.5, 0.6) is 0 Å². The van der Waals surface area contributed by atoms with Gasteiger partial charge in [0, 0.05) is 13.0 Å². The molecule has 0 aliphatic carbocycles. The van der Waals surface area contributed by atoms with Crippen molar-refractivity contribution in [2.45, 2.75) is 117 Å². The molecule has 1 nitrogen and oxygen atoms in total. The van der Waals surface area contributed by atoms with Crippen LogP contribution < -0.4 is 0 Å². The normalized spacial score (nSPS) is 11.9. The van der Waals surface area contributed by atoms with E-state index in [1.165, 1.54) is 75.3 Å². The minimum absolute atomic E-state index is 0.381. The zero-order valence-corrected chi connectivity index (χ0v) is 21.2. The fourth-order valence-electron chi connectivity index (χ4n) is 3.43. The second-order valence-electron chi connectivity index (χ2n) is 9.25. The Kier molecular flexibility index (Phi) is 18.2. The first-order valence-electron chi connectivity index (χ1n) is 11.5. The smallest absolute Gasteiger partial charge is 0.132 e. The molecule has 0 saturated heterocycles. The third-order valence-corrected chi connectivity index (χ3v) is 8.42. The quantitative estimate of drug-likeness (QED) is 0.136. The van der Waals surface area contributed by atoms with Crippen LogP contribution in [0.1, 0.15) is 91.9 Å². The van der Waals surface area contributed by atoms with E-state index in [-0.39, 0.29) is 0 Å². The molecule has 3 heteroatoms. The summed E-state index contributed by atoms with van der Waals surface area (Å²) in [6.45, 7) is 14.6. The van der Waals surface area contributed by atoms with Gasteiger partial charge in [-0.2, -0.15) is 11.8 Å². The molecule has 27 heavy (non-hydrogen) atoms. The minimum Gasteiger partial charge on any atom is -0.379 e. The second kappa shape index (κ2) is 18.1. The molecule has 0 fully saturated rings. The van der Waals surface area contributed by atoms with Crippen molar-refractivity contribution >= 4 is 19.8 Å². The molecule has 0 amide bonds. The molecule has 0 N–H and O–H groups in total. The van der Waals surface area contributed by atoms with Crippen molar-refractivity contribution < 1.29 is 4.74 Å². The maximum atomic E-state index is 5.56. The van der Waals surface area contributed by atoms with Crippen LogP contribution in [0.3, 0.4) is 0 Å². The van der Waals surface area contributed by atoms with Gasteiger partial charge in [-0.1, -0.05) is 65.5 Å². The van der Waals surface area contributed by atoms with Gasteiger partial charge in [0.25, 0.3) is 0 Å². The van der Waals surface area contributed by atoms with Crippen molar-refractivity contribution in [2.75, 3.05) is 18.1 Å². The molecule has 0 atom stereocenters. The van der Waals surface area contributed by atoms with Crippen LogP contribution in [0, 0.1) is 17.4 Å². The highest BCUT2D eigenvalue weighted by Crippen LogP contribution is 2.16. The fourth-order valence-corrected chi connectivity index (χ4v) is 7.11. The molecular weight excluding hydrogens is 364 g/mol. The Hall–Kier alpha value is 0.0869. The van der Waals surface area contributed by atoms with Crippen LogP contribution in [0.4, 0.5) is 0 Å². The largest absolute Gasteiger partial charge is 0.379 e. The van der Waals surface area contributed by atoms with Gasteiger partial charge in [0.05, 0.1) is 6.10 Å². The zero-order valence-electron chi connectivity index (χ0n) is 19.4. The van der Waals surface area contributed by atoms with Crippen molar-refractivity contribution in [1.29, 1.82) is 0 Å². The van der Waals surface area contributed by atoms with Gasteiger partial charge in [-0.25, -0.2) is 0 Å². The predicted octanol–water partition coefficient (Wildman–Crippen LogP) is 7.95. The lowest BCUT2D eigenvalue weighted by Gasteiger charge is -2.16. The van der Waals surface area contributed by atoms with Gasteiger partial charge in [0.1, 0.15) is 8.07 Å². The van der Waals surface area contributed by atoms with Gasteiger partial charge < -0.3 is 4.74 Å². The lowest BCUT2D eigenvalue weighted by Crippen LogP contribution is -2.25. The summed E-state index contributed by atoms with van der Waals surface area (Å²) in [4.78, 5) is 0. The van der Waals surface area contributed by atoms with E-state index >= 15 is 0 Å². The number of ether oxygens (including phenoxy) is 1. The lowest BCUT2D eigenvalue weighted by atomic mass is 10.1. The lowest BCUT2D eigenvalue weighted by molar-refractivity contribution is 0.0800. The first-order valence-corrected chi connectivity index (χ1v) is 15.9. The van der Waals surface area contributed by atoms with E-state index in [4.69, 9.17) is 4.74 Å². The van der Waals surface area contributed by atoms with Gasteiger partial charge in [-0.05, 0) is 56.6 Å². The highest BCUT2D eigenvalue weighted by molar-refractivity contribution is 7.99.